The topological polar surface area (TPSA) is 28.7 Å². The second-order valence-corrected chi connectivity index (χ2v) is 3.60. The lowest BCUT2D eigenvalue weighted by Gasteiger charge is -1.91. The maximum absolute atomic E-state index is 13.2. The molecular formula is C8H5BrClFN2. The summed E-state index contributed by atoms with van der Waals surface area (Å²) < 4.78 is 13.2. The van der Waals surface area contributed by atoms with Crippen molar-refractivity contribution in [2.24, 2.45) is 0 Å². The van der Waals surface area contributed by atoms with Gasteiger partial charge in [-0.25, -0.2) is 9.37 Å². The van der Waals surface area contributed by atoms with Crippen molar-refractivity contribution in [1.82, 2.24) is 9.97 Å². The van der Waals surface area contributed by atoms with Crippen LogP contribution in [0, 0.1) is 5.82 Å². The van der Waals surface area contributed by atoms with Crippen LogP contribution in [0.1, 0.15) is 5.82 Å². The molecule has 2 nitrogen and oxygen atoms in total. The van der Waals surface area contributed by atoms with E-state index < -0.39 is 5.82 Å². The molecule has 0 bridgehead atoms. The Labute approximate surface area is 87.2 Å². The van der Waals surface area contributed by atoms with Gasteiger partial charge in [0.1, 0.15) is 11.3 Å². The summed E-state index contributed by atoms with van der Waals surface area (Å²) in [6.45, 7) is 0. The zero-order valence-corrected chi connectivity index (χ0v) is 8.78. The predicted molar refractivity (Wildman–Crippen MR) is 53.7 cm³/mol. The largest absolute Gasteiger partial charge is 0.341 e. The quantitative estimate of drug-likeness (QED) is 0.786. The highest BCUT2D eigenvalue weighted by Gasteiger charge is 2.07. The molecular weight excluding hydrogens is 258 g/mol. The third-order valence-electron chi connectivity index (χ3n) is 1.68. The van der Waals surface area contributed by atoms with Crippen molar-refractivity contribution >= 4 is 38.6 Å². The summed E-state index contributed by atoms with van der Waals surface area (Å²) in [6.07, 6.45) is 0. The molecule has 0 saturated heterocycles. The summed E-state index contributed by atoms with van der Waals surface area (Å²) in [5.74, 6) is 0.294. The average Bonchev–Trinajstić information content (AvgIpc) is 2.47. The van der Waals surface area contributed by atoms with Crippen molar-refractivity contribution in [1.29, 1.82) is 0 Å². The van der Waals surface area contributed by atoms with Gasteiger partial charge < -0.3 is 4.98 Å². The first-order valence-electron chi connectivity index (χ1n) is 3.60. The van der Waals surface area contributed by atoms with Gasteiger partial charge in [0.2, 0.25) is 0 Å². The number of H-pyrrole nitrogens is 1. The van der Waals surface area contributed by atoms with Crippen LogP contribution < -0.4 is 0 Å². The van der Waals surface area contributed by atoms with Gasteiger partial charge in [-0.2, -0.15) is 0 Å². The fourth-order valence-electron chi connectivity index (χ4n) is 1.16. The Morgan fingerprint density at radius 3 is 3.00 bits per heavy atom. The van der Waals surface area contributed by atoms with Gasteiger partial charge in [0.05, 0.1) is 10.8 Å². The van der Waals surface area contributed by atoms with Gasteiger partial charge in [-0.05, 0) is 12.1 Å². The van der Waals surface area contributed by atoms with Crippen molar-refractivity contribution in [3.05, 3.63) is 28.8 Å². The summed E-state index contributed by atoms with van der Waals surface area (Å²) in [4.78, 5) is 6.98. The SMILES string of the molecule is Fc1cc(Cl)cc2[nH]c(CBr)nc12. The molecule has 0 saturated carbocycles. The maximum atomic E-state index is 13.2. The smallest absolute Gasteiger partial charge is 0.152 e. The minimum atomic E-state index is -0.397. The van der Waals surface area contributed by atoms with Crippen LogP contribution in [-0.4, -0.2) is 9.97 Å². The fraction of sp³-hybridized carbons (Fsp3) is 0.125. The number of nitrogens with zero attached hydrogens (tertiary/aromatic N) is 1. The molecule has 0 radical (unpaired) electrons. The maximum Gasteiger partial charge on any atom is 0.152 e. The van der Waals surface area contributed by atoms with Crippen molar-refractivity contribution in [2.75, 3.05) is 0 Å². The number of aromatic amines is 1. The van der Waals surface area contributed by atoms with Crippen LogP contribution in [-0.2, 0) is 5.33 Å². The Bertz CT molecular complexity index is 455. The number of nitrogens with one attached hydrogen (secondary N) is 1. The molecule has 1 heterocycles. The van der Waals surface area contributed by atoms with E-state index in [0.717, 1.165) is 0 Å². The Kier molecular flexibility index (Phi) is 2.26. The van der Waals surface area contributed by atoms with Crippen molar-refractivity contribution in [3.63, 3.8) is 0 Å². The molecule has 0 atom stereocenters. The Hall–Kier alpha value is -0.610. The normalized spacial score (nSPS) is 11.0. The van der Waals surface area contributed by atoms with Gasteiger partial charge in [0.15, 0.2) is 5.82 Å². The molecule has 0 aliphatic rings. The number of hydrogen-bond donors (Lipinski definition) is 1. The molecule has 2 rings (SSSR count). The number of aromatic nitrogens is 2. The molecule has 1 aromatic carbocycles. The van der Waals surface area contributed by atoms with E-state index in [4.69, 9.17) is 11.6 Å². The highest BCUT2D eigenvalue weighted by atomic mass is 79.9. The molecule has 0 spiro atoms. The van der Waals surface area contributed by atoms with Crippen molar-refractivity contribution in [3.8, 4) is 0 Å². The number of hydrogen-bond acceptors (Lipinski definition) is 1. The number of rotatable bonds is 1. The first-order chi connectivity index (χ1) is 6.20. The summed E-state index contributed by atoms with van der Waals surface area (Å²) >= 11 is 8.91. The van der Waals surface area contributed by atoms with Crippen LogP contribution in [0.25, 0.3) is 11.0 Å². The van der Waals surface area contributed by atoms with Crippen LogP contribution in [0.3, 0.4) is 0 Å². The molecule has 0 unspecified atom stereocenters. The van der Waals surface area contributed by atoms with E-state index in [2.05, 4.69) is 25.9 Å². The molecule has 68 valence electrons. The monoisotopic (exact) mass is 262 g/mol. The van der Waals surface area contributed by atoms with E-state index in [9.17, 15) is 4.39 Å². The summed E-state index contributed by atoms with van der Waals surface area (Å²) in [6, 6.07) is 2.90. The summed E-state index contributed by atoms with van der Waals surface area (Å²) in [7, 11) is 0. The van der Waals surface area contributed by atoms with Gasteiger partial charge in [0, 0.05) is 5.02 Å². The highest BCUT2D eigenvalue weighted by molar-refractivity contribution is 9.08. The predicted octanol–water partition coefficient (Wildman–Crippen LogP) is 3.25. The third-order valence-corrected chi connectivity index (χ3v) is 2.43. The number of alkyl halides is 1. The van der Waals surface area contributed by atoms with Gasteiger partial charge >= 0.3 is 0 Å². The molecule has 0 aliphatic carbocycles. The van der Waals surface area contributed by atoms with Crippen LogP contribution in [0.2, 0.25) is 5.02 Å². The van der Waals surface area contributed by atoms with Crippen molar-refractivity contribution < 1.29 is 4.39 Å². The van der Waals surface area contributed by atoms with Crippen molar-refractivity contribution in [2.45, 2.75) is 5.33 Å². The fourth-order valence-corrected chi connectivity index (χ4v) is 1.63. The Morgan fingerprint density at radius 1 is 1.54 bits per heavy atom. The Morgan fingerprint density at radius 2 is 2.31 bits per heavy atom. The van der Waals surface area contributed by atoms with Crippen LogP contribution >= 0.6 is 27.5 Å². The minimum Gasteiger partial charge on any atom is -0.341 e. The number of imidazole rings is 1. The van der Waals surface area contributed by atoms with E-state index in [0.29, 0.717) is 27.2 Å². The molecule has 5 heteroatoms. The zero-order chi connectivity index (χ0) is 9.42. The van der Waals surface area contributed by atoms with E-state index in [-0.39, 0.29) is 0 Å². The first-order valence-corrected chi connectivity index (χ1v) is 5.10. The lowest BCUT2D eigenvalue weighted by molar-refractivity contribution is 0.637. The lowest BCUT2D eigenvalue weighted by Crippen LogP contribution is -1.78. The average molecular weight is 263 g/mol. The van der Waals surface area contributed by atoms with E-state index >= 15 is 0 Å². The zero-order valence-electron chi connectivity index (χ0n) is 6.44. The van der Waals surface area contributed by atoms with Crippen LogP contribution in [0.15, 0.2) is 12.1 Å². The highest BCUT2D eigenvalue weighted by Crippen LogP contribution is 2.21. The lowest BCUT2D eigenvalue weighted by atomic mass is 10.3. The first kappa shape index (κ1) is 8.97. The number of benzene rings is 1. The number of fused-ring (bicyclic) bond motifs is 1. The summed E-state index contributed by atoms with van der Waals surface area (Å²) in [5.41, 5.74) is 0.957. The van der Waals surface area contributed by atoms with E-state index in [1.54, 1.807) is 6.07 Å². The second-order valence-electron chi connectivity index (χ2n) is 2.60. The number of halogens is 3. The standard InChI is InChI=1S/C8H5BrClFN2/c9-3-7-12-6-2-4(10)1-5(11)8(6)13-7/h1-2H,3H2,(H,12,13). The van der Waals surface area contributed by atoms with Gasteiger partial charge in [0.25, 0.3) is 0 Å². The third kappa shape index (κ3) is 1.56. The molecule has 0 amide bonds. The molecule has 0 fully saturated rings. The molecule has 13 heavy (non-hydrogen) atoms. The van der Waals surface area contributed by atoms with Gasteiger partial charge in [-0.1, -0.05) is 27.5 Å². The molecule has 0 aliphatic heterocycles. The summed E-state index contributed by atoms with van der Waals surface area (Å²) in [5, 5.41) is 0.938. The molecule has 2 aromatic rings. The van der Waals surface area contributed by atoms with Gasteiger partial charge in [-0.15, -0.1) is 0 Å². The Balaban J connectivity index is 2.75. The van der Waals surface area contributed by atoms with Gasteiger partial charge in [-0.3, -0.25) is 0 Å². The van der Waals surface area contributed by atoms with Crippen LogP contribution in [0.4, 0.5) is 4.39 Å². The minimum absolute atomic E-state index is 0.332. The van der Waals surface area contributed by atoms with Crippen LogP contribution in [0.5, 0.6) is 0 Å². The molecule has 1 aromatic heterocycles. The van der Waals surface area contributed by atoms with E-state index in [1.165, 1.54) is 6.07 Å². The second kappa shape index (κ2) is 3.27. The van der Waals surface area contributed by atoms with E-state index in [1.807, 2.05) is 0 Å². The molecule has 1 N–H and O–H groups in total.